The van der Waals surface area contributed by atoms with E-state index in [4.69, 9.17) is 5.73 Å². The fourth-order valence-electron chi connectivity index (χ4n) is 1.60. The molecule has 0 bridgehead atoms. The Hall–Kier alpha value is -1.79. The first-order valence-electron chi connectivity index (χ1n) is 5.94. The Morgan fingerprint density at radius 3 is 2.89 bits per heavy atom. The summed E-state index contributed by atoms with van der Waals surface area (Å²) < 4.78 is 0. The first kappa shape index (κ1) is 13.6. The molecule has 5 nitrogen and oxygen atoms in total. The zero-order chi connectivity index (χ0) is 13.8. The first-order chi connectivity index (χ1) is 9.08. The lowest BCUT2D eigenvalue weighted by Crippen LogP contribution is -2.27. The fraction of sp³-hybridized carbons (Fsp3) is 0.308. The van der Waals surface area contributed by atoms with Crippen molar-refractivity contribution in [1.29, 1.82) is 0 Å². The molecule has 0 spiro atoms. The molecule has 19 heavy (non-hydrogen) atoms. The number of hydrogen-bond acceptors (Lipinski definition) is 5. The number of amides is 1. The summed E-state index contributed by atoms with van der Waals surface area (Å²) in [4.78, 5) is 22.2. The minimum absolute atomic E-state index is 0.117. The van der Waals surface area contributed by atoms with Crippen molar-refractivity contribution in [2.24, 2.45) is 5.73 Å². The Labute approximate surface area is 116 Å². The maximum absolute atomic E-state index is 12.2. The van der Waals surface area contributed by atoms with E-state index in [9.17, 15) is 4.79 Å². The average molecular weight is 276 g/mol. The highest BCUT2D eigenvalue weighted by atomic mass is 32.1. The number of hydrogen-bond donors (Lipinski definition) is 1. The molecule has 1 unspecified atom stereocenters. The van der Waals surface area contributed by atoms with Gasteiger partial charge in [0.05, 0.1) is 18.3 Å². The van der Waals surface area contributed by atoms with E-state index >= 15 is 0 Å². The Balaban J connectivity index is 2.06. The summed E-state index contributed by atoms with van der Waals surface area (Å²) in [6.07, 6.45) is 1.71. The SMILES string of the molecule is CC(N)c1nc(C(=O)N(C)Cc2ccccn2)cs1. The second-order valence-electron chi connectivity index (χ2n) is 4.34. The molecule has 0 fully saturated rings. The zero-order valence-electron chi connectivity index (χ0n) is 10.9. The van der Waals surface area contributed by atoms with Gasteiger partial charge in [0.1, 0.15) is 10.7 Å². The maximum Gasteiger partial charge on any atom is 0.273 e. The van der Waals surface area contributed by atoms with Crippen LogP contribution >= 0.6 is 11.3 Å². The fourth-order valence-corrected chi connectivity index (χ4v) is 2.35. The van der Waals surface area contributed by atoms with Crippen LogP contribution in [0.15, 0.2) is 29.8 Å². The van der Waals surface area contributed by atoms with Crippen molar-refractivity contribution in [2.45, 2.75) is 19.5 Å². The summed E-state index contributed by atoms with van der Waals surface area (Å²) in [5.74, 6) is -0.117. The zero-order valence-corrected chi connectivity index (χ0v) is 11.7. The van der Waals surface area contributed by atoms with E-state index in [-0.39, 0.29) is 11.9 Å². The lowest BCUT2D eigenvalue weighted by Gasteiger charge is -2.15. The molecule has 0 saturated heterocycles. The van der Waals surface area contributed by atoms with E-state index in [1.807, 2.05) is 25.1 Å². The van der Waals surface area contributed by atoms with Gasteiger partial charge >= 0.3 is 0 Å². The molecule has 100 valence electrons. The van der Waals surface area contributed by atoms with E-state index in [2.05, 4.69) is 9.97 Å². The summed E-state index contributed by atoms with van der Waals surface area (Å²) in [5, 5.41) is 2.52. The molecular weight excluding hydrogens is 260 g/mol. The summed E-state index contributed by atoms with van der Waals surface area (Å²) in [5.41, 5.74) is 7.03. The topological polar surface area (TPSA) is 72.1 Å². The molecule has 0 aliphatic heterocycles. The van der Waals surface area contributed by atoms with Crippen molar-refractivity contribution in [1.82, 2.24) is 14.9 Å². The summed E-state index contributed by atoms with van der Waals surface area (Å²) in [6, 6.07) is 5.49. The quantitative estimate of drug-likeness (QED) is 0.924. The molecule has 0 aromatic carbocycles. The van der Waals surface area contributed by atoms with Gasteiger partial charge in [0.2, 0.25) is 0 Å². The third kappa shape index (κ3) is 3.36. The van der Waals surface area contributed by atoms with Crippen LogP contribution in [0.5, 0.6) is 0 Å². The molecule has 1 amide bonds. The largest absolute Gasteiger partial charge is 0.334 e. The van der Waals surface area contributed by atoms with Crippen LogP contribution in [0.2, 0.25) is 0 Å². The summed E-state index contributed by atoms with van der Waals surface area (Å²) in [7, 11) is 1.74. The Kier molecular flexibility index (Phi) is 4.24. The third-order valence-corrected chi connectivity index (χ3v) is 3.65. The van der Waals surface area contributed by atoms with E-state index in [0.29, 0.717) is 12.2 Å². The van der Waals surface area contributed by atoms with Gasteiger partial charge in [0.25, 0.3) is 5.91 Å². The van der Waals surface area contributed by atoms with Gasteiger partial charge in [-0.15, -0.1) is 11.3 Å². The number of rotatable bonds is 4. The monoisotopic (exact) mass is 276 g/mol. The predicted octanol–water partition coefficient (Wildman–Crippen LogP) is 1.83. The first-order valence-corrected chi connectivity index (χ1v) is 6.82. The summed E-state index contributed by atoms with van der Waals surface area (Å²) in [6.45, 7) is 2.31. The highest BCUT2D eigenvalue weighted by Gasteiger charge is 2.17. The summed E-state index contributed by atoms with van der Waals surface area (Å²) >= 11 is 1.41. The molecule has 1 atom stereocenters. The number of aromatic nitrogens is 2. The minimum atomic E-state index is -0.146. The third-order valence-electron chi connectivity index (χ3n) is 2.60. The predicted molar refractivity (Wildman–Crippen MR) is 74.8 cm³/mol. The Morgan fingerprint density at radius 1 is 1.53 bits per heavy atom. The Bertz CT molecular complexity index is 553. The molecule has 6 heteroatoms. The second kappa shape index (κ2) is 5.90. The molecule has 2 aromatic heterocycles. The van der Waals surface area contributed by atoms with Crippen LogP contribution in [-0.4, -0.2) is 27.8 Å². The normalized spacial score (nSPS) is 12.2. The number of nitrogens with zero attached hydrogens (tertiary/aromatic N) is 3. The van der Waals surface area contributed by atoms with Gasteiger partial charge in [0, 0.05) is 18.6 Å². The van der Waals surface area contributed by atoms with Crippen molar-refractivity contribution < 1.29 is 4.79 Å². The number of pyridine rings is 1. The van der Waals surface area contributed by atoms with Crippen LogP contribution in [0.1, 0.15) is 34.2 Å². The maximum atomic E-state index is 12.2. The molecule has 0 aliphatic rings. The molecular formula is C13H16N4OS. The molecule has 0 radical (unpaired) electrons. The number of nitrogens with two attached hydrogens (primary N) is 1. The van der Waals surface area contributed by atoms with Crippen LogP contribution in [0, 0.1) is 0 Å². The van der Waals surface area contributed by atoms with Crippen molar-refractivity contribution in [3.05, 3.63) is 46.2 Å². The lowest BCUT2D eigenvalue weighted by atomic mass is 10.3. The van der Waals surface area contributed by atoms with Crippen LogP contribution in [0.25, 0.3) is 0 Å². The van der Waals surface area contributed by atoms with Gasteiger partial charge in [-0.3, -0.25) is 9.78 Å². The number of thiazole rings is 1. The minimum Gasteiger partial charge on any atom is -0.334 e. The standard InChI is InChI=1S/C13H16N4OS/c1-9(14)12-16-11(8-19-12)13(18)17(2)7-10-5-3-4-6-15-10/h3-6,8-9H,7,14H2,1-2H3. The van der Waals surface area contributed by atoms with Gasteiger partial charge in [-0.2, -0.15) is 0 Å². The van der Waals surface area contributed by atoms with Crippen molar-refractivity contribution >= 4 is 17.2 Å². The molecule has 0 saturated carbocycles. The van der Waals surface area contributed by atoms with E-state index in [1.54, 1.807) is 23.5 Å². The highest BCUT2D eigenvalue weighted by Crippen LogP contribution is 2.17. The number of carbonyl (C=O) groups excluding carboxylic acids is 1. The van der Waals surface area contributed by atoms with Crippen molar-refractivity contribution in [2.75, 3.05) is 7.05 Å². The van der Waals surface area contributed by atoms with Gasteiger partial charge in [-0.1, -0.05) is 6.07 Å². The molecule has 2 aromatic rings. The molecule has 0 aliphatic carbocycles. The smallest absolute Gasteiger partial charge is 0.273 e. The molecule has 2 rings (SSSR count). The van der Waals surface area contributed by atoms with E-state index in [1.165, 1.54) is 11.3 Å². The molecule has 2 N–H and O–H groups in total. The number of carbonyl (C=O) groups is 1. The van der Waals surface area contributed by atoms with Gasteiger partial charge in [-0.05, 0) is 19.1 Å². The van der Waals surface area contributed by atoms with Gasteiger partial charge in [0.15, 0.2) is 0 Å². The van der Waals surface area contributed by atoms with Gasteiger partial charge in [-0.25, -0.2) is 4.98 Å². The van der Waals surface area contributed by atoms with Crippen LogP contribution < -0.4 is 5.73 Å². The van der Waals surface area contributed by atoms with Crippen LogP contribution in [-0.2, 0) is 6.54 Å². The van der Waals surface area contributed by atoms with E-state index in [0.717, 1.165) is 10.7 Å². The average Bonchev–Trinajstić information content (AvgIpc) is 2.88. The van der Waals surface area contributed by atoms with Gasteiger partial charge < -0.3 is 10.6 Å². The second-order valence-corrected chi connectivity index (χ2v) is 5.23. The lowest BCUT2D eigenvalue weighted by molar-refractivity contribution is 0.0778. The van der Waals surface area contributed by atoms with E-state index < -0.39 is 0 Å². The van der Waals surface area contributed by atoms with Crippen LogP contribution in [0.3, 0.4) is 0 Å². The molecule has 2 heterocycles. The van der Waals surface area contributed by atoms with Crippen LogP contribution in [0.4, 0.5) is 0 Å². The Morgan fingerprint density at radius 2 is 2.32 bits per heavy atom. The van der Waals surface area contributed by atoms with Crippen molar-refractivity contribution in [3.63, 3.8) is 0 Å². The van der Waals surface area contributed by atoms with Crippen molar-refractivity contribution in [3.8, 4) is 0 Å². The highest BCUT2D eigenvalue weighted by molar-refractivity contribution is 7.09.